The highest BCUT2D eigenvalue weighted by Crippen LogP contribution is 2.33. The molecule has 4 aromatic rings. The Morgan fingerprint density at radius 2 is 1.90 bits per heavy atom. The molecule has 0 aliphatic heterocycles. The first kappa shape index (κ1) is 20.5. The molecule has 31 heavy (non-hydrogen) atoms. The Kier molecular flexibility index (Phi) is 5.92. The molecule has 5 heteroatoms. The lowest BCUT2D eigenvalue weighted by atomic mass is 9.93. The van der Waals surface area contributed by atoms with Crippen LogP contribution in [0.3, 0.4) is 0 Å². The van der Waals surface area contributed by atoms with E-state index in [-0.39, 0.29) is 12.4 Å². The van der Waals surface area contributed by atoms with E-state index in [0.717, 1.165) is 33.5 Å². The number of aryl methyl sites for hydroxylation is 2. The van der Waals surface area contributed by atoms with E-state index in [0.29, 0.717) is 5.56 Å². The van der Waals surface area contributed by atoms with Crippen LogP contribution in [-0.2, 0) is 18.4 Å². The molecule has 1 atom stereocenters. The van der Waals surface area contributed by atoms with Gasteiger partial charge in [0.05, 0.1) is 36.5 Å². The van der Waals surface area contributed by atoms with Crippen molar-refractivity contribution in [2.75, 3.05) is 0 Å². The molecular formula is C26H22FN3O. The van der Waals surface area contributed by atoms with Crippen molar-refractivity contribution in [2.24, 2.45) is 7.05 Å². The maximum atomic E-state index is 13.6. The third-order valence-electron chi connectivity index (χ3n) is 5.33. The fourth-order valence-electron chi connectivity index (χ4n) is 3.70. The molecule has 0 aliphatic rings. The zero-order chi connectivity index (χ0) is 21.8. The fourth-order valence-corrected chi connectivity index (χ4v) is 3.70. The summed E-state index contributed by atoms with van der Waals surface area (Å²) in [6.07, 6.45) is 3.06. The van der Waals surface area contributed by atoms with Crippen molar-refractivity contribution in [1.82, 2.24) is 9.55 Å². The number of halogens is 1. The van der Waals surface area contributed by atoms with Gasteiger partial charge in [-0.05, 0) is 53.4 Å². The molecule has 0 saturated carbocycles. The van der Waals surface area contributed by atoms with Gasteiger partial charge in [-0.3, -0.25) is 0 Å². The van der Waals surface area contributed by atoms with Crippen molar-refractivity contribution in [3.63, 3.8) is 0 Å². The molecule has 0 saturated heterocycles. The van der Waals surface area contributed by atoms with Gasteiger partial charge in [0.25, 0.3) is 0 Å². The smallest absolute Gasteiger partial charge is 0.124 e. The van der Waals surface area contributed by atoms with Crippen LogP contribution in [0.1, 0.15) is 34.1 Å². The molecule has 0 amide bonds. The van der Waals surface area contributed by atoms with Gasteiger partial charge in [0.15, 0.2) is 0 Å². The molecule has 1 unspecified atom stereocenters. The van der Waals surface area contributed by atoms with E-state index in [1.807, 2.05) is 67.1 Å². The minimum Gasteiger partial charge on any atom is -0.363 e. The van der Waals surface area contributed by atoms with Crippen molar-refractivity contribution in [1.29, 1.82) is 5.26 Å². The summed E-state index contributed by atoms with van der Waals surface area (Å²) in [4.78, 5) is 4.24. The molecule has 0 spiro atoms. The second kappa shape index (κ2) is 8.95. The molecule has 4 nitrogen and oxygen atoms in total. The molecule has 1 aromatic heterocycles. The van der Waals surface area contributed by atoms with E-state index < -0.39 is 6.10 Å². The molecule has 0 fully saturated rings. The summed E-state index contributed by atoms with van der Waals surface area (Å²) in [6.45, 7) is 2.27. The number of nitrogens with zero attached hydrogens (tertiary/aromatic N) is 3. The lowest BCUT2D eigenvalue weighted by Crippen LogP contribution is -2.11. The monoisotopic (exact) mass is 411 g/mol. The lowest BCUT2D eigenvalue weighted by Gasteiger charge is -2.21. The number of ether oxygens (including phenoxy) is 1. The van der Waals surface area contributed by atoms with Gasteiger partial charge in [0.2, 0.25) is 0 Å². The highest BCUT2D eigenvalue weighted by Gasteiger charge is 2.21. The van der Waals surface area contributed by atoms with Crippen LogP contribution in [0, 0.1) is 24.1 Å². The Hall–Kier alpha value is -3.75. The average molecular weight is 411 g/mol. The van der Waals surface area contributed by atoms with E-state index in [2.05, 4.69) is 11.1 Å². The summed E-state index contributed by atoms with van der Waals surface area (Å²) in [6, 6.07) is 22.4. The van der Waals surface area contributed by atoms with E-state index in [4.69, 9.17) is 4.74 Å². The van der Waals surface area contributed by atoms with Gasteiger partial charge < -0.3 is 9.30 Å². The molecule has 1 heterocycles. The average Bonchev–Trinajstić information content (AvgIpc) is 3.20. The standard InChI is InChI=1S/C26H22FN3O/c1-18-6-3-4-9-23(18)24-13-20(10-11-21(24)14-28)26(25-15-29-17-30(25)2)31-16-19-7-5-8-22(27)12-19/h3-13,15,17,26H,16H2,1-2H3. The number of aromatic nitrogens is 2. The van der Waals surface area contributed by atoms with Crippen LogP contribution in [0.25, 0.3) is 11.1 Å². The van der Waals surface area contributed by atoms with Crippen molar-refractivity contribution in [3.05, 3.63) is 113 Å². The summed E-state index contributed by atoms with van der Waals surface area (Å²) in [7, 11) is 1.91. The number of hydrogen-bond donors (Lipinski definition) is 0. The molecule has 0 N–H and O–H groups in total. The zero-order valence-electron chi connectivity index (χ0n) is 17.4. The van der Waals surface area contributed by atoms with Crippen molar-refractivity contribution < 1.29 is 9.13 Å². The number of hydrogen-bond acceptors (Lipinski definition) is 3. The number of benzene rings is 3. The molecule has 0 bridgehead atoms. The van der Waals surface area contributed by atoms with Gasteiger partial charge in [-0.15, -0.1) is 0 Å². The molecule has 0 aliphatic carbocycles. The van der Waals surface area contributed by atoms with Crippen molar-refractivity contribution in [3.8, 4) is 17.2 Å². The van der Waals surface area contributed by atoms with Gasteiger partial charge in [-0.25, -0.2) is 9.37 Å². The van der Waals surface area contributed by atoms with Gasteiger partial charge in [-0.2, -0.15) is 5.26 Å². The maximum absolute atomic E-state index is 13.6. The van der Waals surface area contributed by atoms with Crippen LogP contribution >= 0.6 is 0 Å². The van der Waals surface area contributed by atoms with E-state index >= 15 is 0 Å². The topological polar surface area (TPSA) is 50.8 Å². The fraction of sp³-hybridized carbons (Fsp3) is 0.154. The van der Waals surface area contributed by atoms with Crippen molar-refractivity contribution in [2.45, 2.75) is 19.6 Å². The quantitative estimate of drug-likeness (QED) is 0.408. The van der Waals surface area contributed by atoms with E-state index in [1.165, 1.54) is 12.1 Å². The zero-order valence-corrected chi connectivity index (χ0v) is 17.4. The Bertz CT molecular complexity index is 1260. The maximum Gasteiger partial charge on any atom is 0.124 e. The van der Waals surface area contributed by atoms with Crippen LogP contribution in [-0.4, -0.2) is 9.55 Å². The second-order valence-electron chi connectivity index (χ2n) is 7.48. The first-order chi connectivity index (χ1) is 15.1. The second-order valence-corrected chi connectivity index (χ2v) is 7.48. The predicted molar refractivity (Wildman–Crippen MR) is 118 cm³/mol. The normalized spacial score (nSPS) is 11.8. The number of nitriles is 1. The first-order valence-corrected chi connectivity index (χ1v) is 9.99. The number of rotatable bonds is 6. The molecule has 0 radical (unpaired) electrons. The lowest BCUT2D eigenvalue weighted by molar-refractivity contribution is 0.0621. The molecular weight excluding hydrogens is 389 g/mol. The van der Waals surface area contributed by atoms with Crippen LogP contribution in [0.5, 0.6) is 0 Å². The van der Waals surface area contributed by atoms with Crippen LogP contribution in [0.15, 0.2) is 79.3 Å². The Labute approximate surface area is 181 Å². The largest absolute Gasteiger partial charge is 0.363 e. The van der Waals surface area contributed by atoms with Gasteiger partial charge >= 0.3 is 0 Å². The van der Waals surface area contributed by atoms with Gasteiger partial charge in [-0.1, -0.05) is 42.5 Å². The Balaban J connectivity index is 1.76. The first-order valence-electron chi connectivity index (χ1n) is 9.99. The van der Waals surface area contributed by atoms with Crippen LogP contribution in [0.2, 0.25) is 0 Å². The third-order valence-corrected chi connectivity index (χ3v) is 5.33. The summed E-state index contributed by atoms with van der Waals surface area (Å²) in [5, 5.41) is 9.68. The van der Waals surface area contributed by atoms with Gasteiger partial charge in [0, 0.05) is 12.6 Å². The summed E-state index contributed by atoms with van der Waals surface area (Å²) >= 11 is 0. The highest BCUT2D eigenvalue weighted by atomic mass is 19.1. The minimum atomic E-state index is -0.425. The van der Waals surface area contributed by atoms with Crippen LogP contribution < -0.4 is 0 Å². The third kappa shape index (κ3) is 4.40. The minimum absolute atomic E-state index is 0.243. The van der Waals surface area contributed by atoms with Gasteiger partial charge in [0.1, 0.15) is 11.9 Å². The van der Waals surface area contributed by atoms with E-state index in [1.54, 1.807) is 18.6 Å². The molecule has 3 aromatic carbocycles. The summed E-state index contributed by atoms with van der Waals surface area (Å²) < 4.78 is 21.8. The Morgan fingerprint density at radius 3 is 2.61 bits per heavy atom. The Morgan fingerprint density at radius 1 is 1.06 bits per heavy atom. The highest BCUT2D eigenvalue weighted by molar-refractivity contribution is 5.74. The van der Waals surface area contributed by atoms with E-state index in [9.17, 15) is 9.65 Å². The summed E-state index contributed by atoms with van der Waals surface area (Å²) in [5.74, 6) is -0.293. The summed E-state index contributed by atoms with van der Waals surface area (Å²) in [5.41, 5.74) is 6.09. The SMILES string of the molecule is Cc1ccccc1-c1cc(C(OCc2cccc(F)c2)c2cncn2C)ccc1C#N. The van der Waals surface area contributed by atoms with Crippen molar-refractivity contribution >= 4 is 0 Å². The predicted octanol–water partition coefficient (Wildman–Crippen LogP) is 5.71. The molecule has 154 valence electrons. The number of imidazole rings is 1. The van der Waals surface area contributed by atoms with Crippen LogP contribution in [0.4, 0.5) is 4.39 Å². The molecule has 4 rings (SSSR count).